The predicted octanol–water partition coefficient (Wildman–Crippen LogP) is 3.46. The van der Waals surface area contributed by atoms with Crippen molar-refractivity contribution in [3.05, 3.63) is 47.5 Å². The van der Waals surface area contributed by atoms with Crippen LogP contribution in [0, 0.1) is 0 Å². The van der Waals surface area contributed by atoms with Gasteiger partial charge >= 0.3 is 5.97 Å². The smallest absolute Gasteiger partial charge is 0.341 e. The van der Waals surface area contributed by atoms with Crippen molar-refractivity contribution < 1.29 is 14.3 Å². The van der Waals surface area contributed by atoms with Crippen LogP contribution in [-0.4, -0.2) is 39.4 Å². The van der Waals surface area contributed by atoms with Crippen molar-refractivity contribution in [2.24, 2.45) is 7.05 Å². The highest BCUT2D eigenvalue weighted by atomic mass is 35.5. The first kappa shape index (κ1) is 18.7. The highest BCUT2D eigenvalue weighted by Crippen LogP contribution is 2.37. The molecule has 140 valence electrons. The fourth-order valence-corrected chi connectivity index (χ4v) is 2.70. The minimum absolute atomic E-state index is 0.243. The number of anilines is 2. The van der Waals surface area contributed by atoms with E-state index in [-0.39, 0.29) is 17.3 Å². The Morgan fingerprint density at radius 2 is 2.11 bits per heavy atom. The second-order valence-electron chi connectivity index (χ2n) is 5.53. The fraction of sp³-hybridized carbons (Fsp3) is 0.222. The zero-order valence-corrected chi connectivity index (χ0v) is 15.8. The molecule has 0 unspecified atom stereocenters. The lowest BCUT2D eigenvalue weighted by molar-refractivity contribution is 0.0527. The Balaban J connectivity index is 2.04. The number of rotatable bonds is 6. The number of carbonyl (C=O) groups is 1. The molecule has 0 amide bonds. The Labute approximate surface area is 161 Å². The summed E-state index contributed by atoms with van der Waals surface area (Å²) in [4.78, 5) is 20.4. The number of halogens is 1. The molecule has 1 aromatic carbocycles. The van der Waals surface area contributed by atoms with Crippen LogP contribution in [0.5, 0.6) is 5.75 Å². The monoisotopic (exact) mass is 387 g/mol. The summed E-state index contributed by atoms with van der Waals surface area (Å²) in [5, 5.41) is 7.73. The third-order valence-electron chi connectivity index (χ3n) is 3.69. The summed E-state index contributed by atoms with van der Waals surface area (Å²) in [6.07, 6.45) is 2.98. The van der Waals surface area contributed by atoms with E-state index in [1.54, 1.807) is 38.2 Å². The molecule has 2 aromatic heterocycles. The quantitative estimate of drug-likeness (QED) is 0.511. The lowest BCUT2D eigenvalue weighted by Gasteiger charge is -2.16. The number of aromatic nitrogens is 4. The number of hydrogen-bond donors (Lipinski definition) is 1. The Kier molecular flexibility index (Phi) is 5.56. The van der Waals surface area contributed by atoms with Gasteiger partial charge in [-0.1, -0.05) is 17.7 Å². The van der Waals surface area contributed by atoms with Crippen LogP contribution < -0.4 is 10.1 Å². The lowest BCUT2D eigenvalue weighted by atomic mass is 10.1. The number of aryl methyl sites for hydroxylation is 1. The number of hydrogen-bond acceptors (Lipinski definition) is 7. The van der Waals surface area contributed by atoms with Crippen LogP contribution in [0.4, 0.5) is 11.4 Å². The Morgan fingerprint density at radius 3 is 2.78 bits per heavy atom. The first-order valence-electron chi connectivity index (χ1n) is 8.16. The van der Waals surface area contributed by atoms with Crippen molar-refractivity contribution >= 4 is 28.9 Å². The average molecular weight is 388 g/mol. The maximum absolute atomic E-state index is 12.2. The summed E-state index contributed by atoms with van der Waals surface area (Å²) >= 11 is 6.01. The molecule has 2 heterocycles. The molecule has 8 nitrogen and oxygen atoms in total. The molecular weight excluding hydrogens is 370 g/mol. The van der Waals surface area contributed by atoms with Crippen molar-refractivity contribution in [3.63, 3.8) is 0 Å². The van der Waals surface area contributed by atoms with E-state index in [0.717, 1.165) is 0 Å². The minimum atomic E-state index is -0.495. The second-order valence-corrected chi connectivity index (χ2v) is 5.91. The molecule has 3 aromatic rings. The number of nitrogens with one attached hydrogen (secondary N) is 1. The van der Waals surface area contributed by atoms with Crippen molar-refractivity contribution in [1.29, 1.82) is 0 Å². The topological polar surface area (TPSA) is 91.2 Å². The molecular formula is C18H18ClN5O3. The van der Waals surface area contributed by atoms with E-state index in [1.807, 2.05) is 18.2 Å². The molecule has 1 N–H and O–H groups in total. The van der Waals surface area contributed by atoms with E-state index in [1.165, 1.54) is 6.20 Å². The van der Waals surface area contributed by atoms with Gasteiger partial charge < -0.3 is 14.8 Å². The lowest BCUT2D eigenvalue weighted by Crippen LogP contribution is -2.09. The molecule has 3 rings (SSSR count). The van der Waals surface area contributed by atoms with Gasteiger partial charge in [-0.2, -0.15) is 5.10 Å². The summed E-state index contributed by atoms with van der Waals surface area (Å²) in [6, 6.07) is 7.06. The maximum atomic E-state index is 12.2. The molecule has 0 radical (unpaired) electrons. The van der Waals surface area contributed by atoms with Crippen LogP contribution in [0.15, 0.2) is 36.8 Å². The van der Waals surface area contributed by atoms with Gasteiger partial charge in [0.05, 0.1) is 30.7 Å². The number of para-hydroxylation sites is 1. The number of carbonyl (C=O) groups excluding carboxylic acids is 1. The Bertz CT molecular complexity index is 973. The molecule has 0 spiro atoms. The molecule has 0 aliphatic rings. The van der Waals surface area contributed by atoms with Gasteiger partial charge in [0.15, 0.2) is 11.6 Å². The molecule has 27 heavy (non-hydrogen) atoms. The van der Waals surface area contributed by atoms with Gasteiger partial charge in [-0.15, -0.1) is 0 Å². The van der Waals surface area contributed by atoms with Crippen LogP contribution >= 0.6 is 11.6 Å². The van der Waals surface area contributed by atoms with Gasteiger partial charge in [-0.05, 0) is 25.1 Å². The summed E-state index contributed by atoms with van der Waals surface area (Å²) in [6.45, 7) is 1.99. The second kappa shape index (κ2) is 8.05. The van der Waals surface area contributed by atoms with Crippen LogP contribution in [0.1, 0.15) is 17.3 Å². The van der Waals surface area contributed by atoms with Crippen molar-refractivity contribution in [3.8, 4) is 17.1 Å². The van der Waals surface area contributed by atoms with E-state index in [2.05, 4.69) is 20.4 Å². The average Bonchev–Trinajstić information content (AvgIpc) is 3.08. The predicted molar refractivity (Wildman–Crippen MR) is 101 cm³/mol. The van der Waals surface area contributed by atoms with Gasteiger partial charge in [-0.25, -0.2) is 14.8 Å². The van der Waals surface area contributed by atoms with E-state index in [4.69, 9.17) is 21.1 Å². The SMILES string of the molecule is CCOC(=O)c1cnc(Cl)cc1Nc1cccc(-c2ncn(C)n2)c1OC. The Morgan fingerprint density at radius 1 is 1.30 bits per heavy atom. The van der Waals surface area contributed by atoms with Gasteiger partial charge in [-0.3, -0.25) is 4.68 Å². The zero-order valence-electron chi connectivity index (χ0n) is 15.1. The molecule has 0 saturated carbocycles. The van der Waals surface area contributed by atoms with E-state index in [0.29, 0.717) is 28.5 Å². The highest BCUT2D eigenvalue weighted by Gasteiger charge is 2.18. The van der Waals surface area contributed by atoms with Crippen LogP contribution in [0.3, 0.4) is 0 Å². The van der Waals surface area contributed by atoms with Crippen molar-refractivity contribution in [2.75, 3.05) is 19.0 Å². The first-order valence-corrected chi connectivity index (χ1v) is 8.54. The third kappa shape index (κ3) is 4.01. The summed E-state index contributed by atoms with van der Waals surface area (Å²) in [5.74, 6) is 0.563. The largest absolute Gasteiger partial charge is 0.494 e. The van der Waals surface area contributed by atoms with Gasteiger partial charge in [0.2, 0.25) is 0 Å². The van der Waals surface area contributed by atoms with Crippen molar-refractivity contribution in [2.45, 2.75) is 6.92 Å². The van der Waals surface area contributed by atoms with Gasteiger partial charge in [0.1, 0.15) is 17.0 Å². The summed E-state index contributed by atoms with van der Waals surface area (Å²) < 4.78 is 12.3. The number of esters is 1. The van der Waals surface area contributed by atoms with E-state index >= 15 is 0 Å². The maximum Gasteiger partial charge on any atom is 0.341 e. The highest BCUT2D eigenvalue weighted by molar-refractivity contribution is 6.29. The number of ether oxygens (including phenoxy) is 2. The van der Waals surface area contributed by atoms with Gasteiger partial charge in [0.25, 0.3) is 0 Å². The molecule has 0 fully saturated rings. The third-order valence-corrected chi connectivity index (χ3v) is 3.90. The van der Waals surface area contributed by atoms with E-state index < -0.39 is 5.97 Å². The first-order chi connectivity index (χ1) is 13.0. The Hall–Kier alpha value is -3.13. The fourth-order valence-electron chi connectivity index (χ4n) is 2.54. The minimum Gasteiger partial charge on any atom is -0.494 e. The zero-order chi connectivity index (χ0) is 19.4. The van der Waals surface area contributed by atoms with Crippen molar-refractivity contribution in [1.82, 2.24) is 19.7 Å². The summed E-state index contributed by atoms with van der Waals surface area (Å²) in [5.41, 5.74) is 2.05. The summed E-state index contributed by atoms with van der Waals surface area (Å²) in [7, 11) is 3.34. The number of pyridine rings is 1. The molecule has 0 atom stereocenters. The molecule has 0 bridgehead atoms. The van der Waals surface area contributed by atoms with Crippen LogP contribution in [-0.2, 0) is 11.8 Å². The molecule has 0 saturated heterocycles. The van der Waals surface area contributed by atoms with Gasteiger partial charge in [0, 0.05) is 13.2 Å². The van der Waals surface area contributed by atoms with Crippen LogP contribution in [0.25, 0.3) is 11.4 Å². The normalized spacial score (nSPS) is 10.5. The van der Waals surface area contributed by atoms with Crippen LogP contribution in [0.2, 0.25) is 5.15 Å². The molecule has 9 heteroatoms. The number of nitrogens with zero attached hydrogens (tertiary/aromatic N) is 4. The molecule has 0 aliphatic carbocycles. The number of methoxy groups -OCH3 is 1. The molecule has 0 aliphatic heterocycles. The van der Waals surface area contributed by atoms with E-state index in [9.17, 15) is 4.79 Å². The number of benzene rings is 1. The standard InChI is InChI=1S/C18H18ClN5O3/c1-4-27-18(25)12-9-20-15(19)8-14(12)22-13-7-5-6-11(16(13)26-3)17-21-10-24(2)23-17/h5-10H,4H2,1-3H3,(H,20,22).